The van der Waals surface area contributed by atoms with Crippen LogP contribution in [0.3, 0.4) is 0 Å². The number of anilines is 3. The smallest absolute Gasteiger partial charge is 0.247 e. The SMILES string of the molecule is C=CC(=O)Nc1cc2c(Nc3ccc(OCc4ccccn4)c(Cl)c3)ncnc2cc1O[C@H]1CCCN(C)CC1. The summed E-state index contributed by atoms with van der Waals surface area (Å²) in [6.45, 7) is 5.89. The molecule has 1 amide bonds. The van der Waals surface area contributed by atoms with Gasteiger partial charge in [0.05, 0.1) is 21.9 Å². The van der Waals surface area contributed by atoms with E-state index in [1.165, 1.54) is 12.4 Å². The molecule has 1 atom stereocenters. The molecule has 0 saturated carbocycles. The number of fused-ring (bicyclic) bond motifs is 1. The third kappa shape index (κ3) is 6.86. The highest BCUT2D eigenvalue weighted by Gasteiger charge is 2.20. The fraction of sp³-hybridized carbons (Fsp3) is 0.267. The Morgan fingerprint density at radius 1 is 1.12 bits per heavy atom. The number of nitrogens with zero attached hydrogens (tertiary/aromatic N) is 4. The van der Waals surface area contributed by atoms with E-state index < -0.39 is 0 Å². The van der Waals surface area contributed by atoms with Crippen LogP contribution >= 0.6 is 11.6 Å². The Labute approximate surface area is 238 Å². The topological polar surface area (TPSA) is 102 Å². The van der Waals surface area contributed by atoms with Crippen LogP contribution in [-0.2, 0) is 11.4 Å². The van der Waals surface area contributed by atoms with Gasteiger partial charge in [-0.1, -0.05) is 24.2 Å². The molecular weight excluding hydrogens is 528 g/mol. The number of halogens is 1. The summed E-state index contributed by atoms with van der Waals surface area (Å²) in [5, 5.41) is 7.35. The highest BCUT2D eigenvalue weighted by molar-refractivity contribution is 6.32. The van der Waals surface area contributed by atoms with Crippen LogP contribution in [0.25, 0.3) is 10.9 Å². The Bertz CT molecular complexity index is 1500. The summed E-state index contributed by atoms with van der Waals surface area (Å²) < 4.78 is 12.3. The predicted molar refractivity (Wildman–Crippen MR) is 157 cm³/mol. The van der Waals surface area contributed by atoms with Crippen molar-refractivity contribution in [2.45, 2.75) is 32.0 Å². The van der Waals surface area contributed by atoms with E-state index in [0.29, 0.717) is 45.5 Å². The summed E-state index contributed by atoms with van der Waals surface area (Å²) in [4.78, 5) is 27.8. The van der Waals surface area contributed by atoms with Crippen molar-refractivity contribution in [3.8, 4) is 11.5 Å². The fourth-order valence-electron chi connectivity index (χ4n) is 4.54. The van der Waals surface area contributed by atoms with E-state index >= 15 is 0 Å². The van der Waals surface area contributed by atoms with Gasteiger partial charge < -0.3 is 25.0 Å². The first-order chi connectivity index (χ1) is 19.5. The lowest BCUT2D eigenvalue weighted by atomic mass is 10.1. The maximum absolute atomic E-state index is 12.3. The molecule has 2 aromatic heterocycles. The standard InChI is InChI=1S/C30H31ClN6O3/c1-3-29(38)36-26-16-23-25(17-28(26)40-22-8-6-13-37(2)14-11-22)33-19-34-30(23)35-20-9-10-27(24(31)15-20)39-18-21-7-4-5-12-32-21/h3-5,7,9-10,12,15-17,19,22H,1,6,8,11,13-14,18H2,2H3,(H,36,38)(H,33,34,35)/t22-/m0/s1. The number of carbonyl (C=O) groups excluding carboxylic acids is 1. The average molecular weight is 559 g/mol. The van der Waals surface area contributed by atoms with Crippen molar-refractivity contribution in [3.63, 3.8) is 0 Å². The average Bonchev–Trinajstić information content (AvgIpc) is 3.17. The van der Waals surface area contributed by atoms with Crippen LogP contribution in [0.4, 0.5) is 17.2 Å². The normalized spacial score (nSPS) is 15.7. The minimum absolute atomic E-state index is 0.0433. The second-order valence-corrected chi connectivity index (χ2v) is 10.0. The third-order valence-electron chi connectivity index (χ3n) is 6.67. The van der Waals surface area contributed by atoms with Crippen molar-refractivity contribution in [1.82, 2.24) is 19.9 Å². The molecule has 0 aliphatic carbocycles. The monoisotopic (exact) mass is 558 g/mol. The van der Waals surface area contributed by atoms with Gasteiger partial charge in [0.1, 0.15) is 36.4 Å². The Hall–Kier alpha value is -4.21. The Balaban J connectivity index is 1.39. The van der Waals surface area contributed by atoms with Crippen molar-refractivity contribution in [2.24, 2.45) is 0 Å². The number of benzene rings is 2. The second kappa shape index (κ2) is 12.8. The van der Waals surface area contributed by atoms with Gasteiger partial charge in [-0.2, -0.15) is 0 Å². The van der Waals surface area contributed by atoms with Crippen molar-refractivity contribution in [2.75, 3.05) is 30.8 Å². The fourth-order valence-corrected chi connectivity index (χ4v) is 4.77. The number of pyridine rings is 1. The van der Waals surface area contributed by atoms with Gasteiger partial charge in [0.15, 0.2) is 0 Å². The van der Waals surface area contributed by atoms with Gasteiger partial charge in [0, 0.05) is 29.9 Å². The lowest BCUT2D eigenvalue weighted by Gasteiger charge is -2.21. The Kier molecular flexibility index (Phi) is 8.73. The molecular formula is C30H31ClN6O3. The number of aromatic nitrogens is 3. The highest BCUT2D eigenvalue weighted by atomic mass is 35.5. The van der Waals surface area contributed by atoms with E-state index in [9.17, 15) is 4.79 Å². The number of likely N-dealkylation sites (tertiary alicyclic amines) is 1. The number of hydrogen-bond acceptors (Lipinski definition) is 8. The van der Waals surface area contributed by atoms with Crippen LogP contribution in [0, 0.1) is 0 Å². The number of ether oxygens (including phenoxy) is 2. The zero-order chi connectivity index (χ0) is 27.9. The lowest BCUT2D eigenvalue weighted by molar-refractivity contribution is -0.111. The van der Waals surface area contributed by atoms with E-state index in [1.807, 2.05) is 36.4 Å². The molecule has 0 bridgehead atoms. The van der Waals surface area contributed by atoms with Gasteiger partial charge >= 0.3 is 0 Å². The van der Waals surface area contributed by atoms with Gasteiger partial charge in [-0.05, 0) is 75.3 Å². The molecule has 10 heteroatoms. The summed E-state index contributed by atoms with van der Waals surface area (Å²) in [5.74, 6) is 1.34. The molecule has 2 N–H and O–H groups in total. The quantitative estimate of drug-likeness (QED) is 0.242. The molecule has 0 unspecified atom stereocenters. The summed E-state index contributed by atoms with van der Waals surface area (Å²) in [6, 6.07) is 14.7. The van der Waals surface area contributed by atoms with Crippen molar-refractivity contribution < 1.29 is 14.3 Å². The number of amides is 1. The van der Waals surface area contributed by atoms with E-state index in [-0.39, 0.29) is 12.0 Å². The first-order valence-electron chi connectivity index (χ1n) is 13.1. The van der Waals surface area contributed by atoms with E-state index in [2.05, 4.69) is 44.1 Å². The van der Waals surface area contributed by atoms with Gasteiger partial charge in [0.25, 0.3) is 0 Å². The summed E-state index contributed by atoms with van der Waals surface area (Å²) in [7, 11) is 2.12. The summed E-state index contributed by atoms with van der Waals surface area (Å²) in [5.41, 5.74) is 2.73. The lowest BCUT2D eigenvalue weighted by Crippen LogP contribution is -2.22. The molecule has 1 fully saturated rings. The zero-order valence-electron chi connectivity index (χ0n) is 22.3. The summed E-state index contributed by atoms with van der Waals surface area (Å²) in [6.07, 6.45) is 7.38. The first kappa shape index (κ1) is 27.4. The molecule has 0 spiro atoms. The van der Waals surface area contributed by atoms with Crippen LogP contribution < -0.4 is 20.1 Å². The molecule has 1 saturated heterocycles. The Morgan fingerprint density at radius 3 is 2.83 bits per heavy atom. The summed E-state index contributed by atoms with van der Waals surface area (Å²) >= 11 is 6.52. The number of nitrogens with one attached hydrogen (secondary N) is 2. The molecule has 5 rings (SSSR count). The van der Waals surface area contributed by atoms with Gasteiger partial charge in [-0.15, -0.1) is 0 Å². The molecule has 206 valence electrons. The molecule has 1 aliphatic heterocycles. The molecule has 9 nitrogen and oxygen atoms in total. The molecule has 3 heterocycles. The predicted octanol–water partition coefficient (Wildman–Crippen LogP) is 5.99. The maximum Gasteiger partial charge on any atom is 0.247 e. The zero-order valence-corrected chi connectivity index (χ0v) is 23.0. The maximum atomic E-state index is 12.3. The molecule has 0 radical (unpaired) electrons. The molecule has 40 heavy (non-hydrogen) atoms. The third-order valence-corrected chi connectivity index (χ3v) is 6.96. The van der Waals surface area contributed by atoms with Crippen molar-refractivity contribution >= 4 is 45.6 Å². The van der Waals surface area contributed by atoms with Crippen LogP contribution in [0.1, 0.15) is 25.0 Å². The van der Waals surface area contributed by atoms with Crippen LogP contribution in [0.15, 0.2) is 73.7 Å². The highest BCUT2D eigenvalue weighted by Crippen LogP contribution is 2.36. The van der Waals surface area contributed by atoms with Crippen LogP contribution in [-0.4, -0.2) is 52.0 Å². The molecule has 1 aliphatic rings. The minimum atomic E-state index is -0.329. The second-order valence-electron chi connectivity index (χ2n) is 9.64. The molecule has 4 aromatic rings. The van der Waals surface area contributed by atoms with Crippen LogP contribution in [0.2, 0.25) is 5.02 Å². The number of carbonyl (C=O) groups is 1. The largest absolute Gasteiger partial charge is 0.488 e. The van der Waals surface area contributed by atoms with E-state index in [0.717, 1.165) is 43.7 Å². The number of rotatable bonds is 9. The minimum Gasteiger partial charge on any atom is -0.488 e. The van der Waals surface area contributed by atoms with Crippen molar-refractivity contribution in [1.29, 1.82) is 0 Å². The van der Waals surface area contributed by atoms with E-state index in [1.54, 1.807) is 18.3 Å². The van der Waals surface area contributed by atoms with Gasteiger partial charge in [-0.25, -0.2) is 9.97 Å². The Morgan fingerprint density at radius 2 is 2.02 bits per heavy atom. The van der Waals surface area contributed by atoms with Crippen LogP contribution in [0.5, 0.6) is 11.5 Å². The van der Waals surface area contributed by atoms with E-state index in [4.69, 9.17) is 21.1 Å². The number of hydrogen-bond donors (Lipinski definition) is 2. The van der Waals surface area contributed by atoms with Gasteiger partial charge in [0.2, 0.25) is 5.91 Å². The first-order valence-corrected chi connectivity index (χ1v) is 13.5. The van der Waals surface area contributed by atoms with Crippen molar-refractivity contribution in [3.05, 3.63) is 84.4 Å². The molecule has 2 aromatic carbocycles. The van der Waals surface area contributed by atoms with Gasteiger partial charge in [-0.3, -0.25) is 9.78 Å².